The molecule has 0 unspecified atom stereocenters. The highest BCUT2D eigenvalue weighted by atomic mass is 16.5. The lowest BCUT2D eigenvalue weighted by atomic mass is 10.1. The molecule has 1 amide bonds. The summed E-state index contributed by atoms with van der Waals surface area (Å²) in [5, 5.41) is 4.15. The molecular weight excluding hydrogens is 310 g/mol. The van der Waals surface area contributed by atoms with Crippen molar-refractivity contribution in [2.24, 2.45) is 0 Å². The number of morpholine rings is 1. The number of carbonyl (C=O) groups excluding carboxylic acids is 1. The van der Waals surface area contributed by atoms with E-state index in [1.165, 1.54) is 12.4 Å². The predicted molar refractivity (Wildman–Crippen MR) is 86.5 cm³/mol. The number of ether oxygens (including phenoxy) is 1. The van der Waals surface area contributed by atoms with Crippen LogP contribution in [0.5, 0.6) is 0 Å². The number of rotatable bonds is 5. The molecule has 128 valence electrons. The number of aryl methyl sites for hydroxylation is 2. The summed E-state index contributed by atoms with van der Waals surface area (Å²) in [6, 6.07) is 1.49. The van der Waals surface area contributed by atoms with Crippen LogP contribution < -0.4 is 5.56 Å². The molecule has 1 aliphatic heterocycles. The van der Waals surface area contributed by atoms with Crippen LogP contribution in [0.15, 0.2) is 29.6 Å². The third-order valence-corrected chi connectivity index (χ3v) is 4.01. The van der Waals surface area contributed by atoms with Gasteiger partial charge in [0, 0.05) is 31.0 Å². The summed E-state index contributed by atoms with van der Waals surface area (Å²) in [5.41, 5.74) is 1.61. The number of nitrogens with one attached hydrogen (secondary N) is 1. The Balaban J connectivity index is 1.52. The fourth-order valence-electron chi connectivity index (χ4n) is 2.77. The van der Waals surface area contributed by atoms with Crippen molar-refractivity contribution in [3.05, 3.63) is 46.4 Å². The highest BCUT2D eigenvalue weighted by Crippen LogP contribution is 2.12. The van der Waals surface area contributed by atoms with E-state index in [0.717, 1.165) is 17.7 Å². The molecule has 8 nitrogen and oxygen atoms in total. The Kier molecular flexibility index (Phi) is 5.05. The van der Waals surface area contributed by atoms with E-state index in [1.807, 2.05) is 18.0 Å². The summed E-state index contributed by atoms with van der Waals surface area (Å²) in [4.78, 5) is 32.1. The molecule has 0 bridgehead atoms. The molecular formula is C16H21N5O3. The number of hydrogen-bond acceptors (Lipinski definition) is 5. The van der Waals surface area contributed by atoms with Gasteiger partial charge in [-0.15, -0.1) is 0 Å². The lowest BCUT2D eigenvalue weighted by Crippen LogP contribution is -2.47. The van der Waals surface area contributed by atoms with Gasteiger partial charge in [-0.3, -0.25) is 14.3 Å². The van der Waals surface area contributed by atoms with Crippen LogP contribution in [0.4, 0.5) is 0 Å². The molecule has 3 heterocycles. The Labute approximate surface area is 139 Å². The lowest BCUT2D eigenvalue weighted by molar-refractivity contribution is -0.139. The highest BCUT2D eigenvalue weighted by molar-refractivity contribution is 5.76. The van der Waals surface area contributed by atoms with Gasteiger partial charge in [0.15, 0.2) is 0 Å². The van der Waals surface area contributed by atoms with Gasteiger partial charge in [0.2, 0.25) is 5.91 Å². The van der Waals surface area contributed by atoms with Gasteiger partial charge in [-0.2, -0.15) is 5.10 Å². The molecule has 0 aromatic carbocycles. The summed E-state index contributed by atoms with van der Waals surface area (Å²) < 4.78 is 7.39. The molecule has 2 aromatic heterocycles. The second-order valence-corrected chi connectivity index (χ2v) is 5.99. The van der Waals surface area contributed by atoms with E-state index in [0.29, 0.717) is 26.1 Å². The van der Waals surface area contributed by atoms with Crippen molar-refractivity contribution in [3.8, 4) is 0 Å². The lowest BCUT2D eigenvalue weighted by Gasteiger charge is -2.33. The van der Waals surface area contributed by atoms with Crippen LogP contribution in [0, 0.1) is 6.92 Å². The summed E-state index contributed by atoms with van der Waals surface area (Å²) in [5.74, 6) is 0.0423. The van der Waals surface area contributed by atoms with Crippen molar-refractivity contribution in [1.29, 1.82) is 0 Å². The van der Waals surface area contributed by atoms with Crippen molar-refractivity contribution in [1.82, 2.24) is 24.6 Å². The van der Waals surface area contributed by atoms with E-state index < -0.39 is 0 Å². The summed E-state index contributed by atoms with van der Waals surface area (Å²) in [6.07, 6.45) is 6.33. The maximum atomic E-state index is 12.4. The Morgan fingerprint density at radius 3 is 3.12 bits per heavy atom. The molecule has 0 aliphatic carbocycles. The van der Waals surface area contributed by atoms with E-state index in [1.54, 1.807) is 10.9 Å². The minimum Gasteiger partial charge on any atom is -0.375 e. The molecule has 0 radical (unpaired) electrons. The summed E-state index contributed by atoms with van der Waals surface area (Å²) >= 11 is 0. The van der Waals surface area contributed by atoms with E-state index in [2.05, 4.69) is 15.1 Å². The van der Waals surface area contributed by atoms with Crippen molar-refractivity contribution >= 4 is 5.91 Å². The third kappa shape index (κ3) is 4.29. The van der Waals surface area contributed by atoms with Crippen LogP contribution in [0.25, 0.3) is 0 Å². The molecule has 3 rings (SSSR count). The maximum absolute atomic E-state index is 12.4. The molecule has 1 fully saturated rings. The first-order chi connectivity index (χ1) is 11.6. The fourth-order valence-corrected chi connectivity index (χ4v) is 2.77. The number of aromatic amines is 1. The van der Waals surface area contributed by atoms with Crippen LogP contribution in [0.2, 0.25) is 0 Å². The van der Waals surface area contributed by atoms with E-state index in [9.17, 15) is 9.59 Å². The number of carbonyl (C=O) groups is 1. The molecule has 24 heavy (non-hydrogen) atoms. The molecule has 1 N–H and O–H groups in total. The van der Waals surface area contributed by atoms with Crippen LogP contribution in [0.3, 0.4) is 0 Å². The Morgan fingerprint density at radius 1 is 1.50 bits per heavy atom. The van der Waals surface area contributed by atoms with Gasteiger partial charge in [-0.25, -0.2) is 4.98 Å². The Hall–Kier alpha value is -2.48. The number of hydrogen-bond donors (Lipinski definition) is 1. The standard InChI is InChI=1S/C16H21N5O3/c1-12-7-19-21(8-12)10-16(23)20-4-5-24-14(9-20)3-2-13-6-15(22)18-11-17-13/h6-8,11,14H,2-5,9-10H2,1H3,(H,17,18,22)/t14-/m1/s1. The second-order valence-electron chi connectivity index (χ2n) is 5.99. The number of nitrogens with zero attached hydrogens (tertiary/aromatic N) is 4. The van der Waals surface area contributed by atoms with Gasteiger partial charge in [0.25, 0.3) is 5.56 Å². The van der Waals surface area contributed by atoms with Crippen LogP contribution in [0.1, 0.15) is 17.7 Å². The van der Waals surface area contributed by atoms with Gasteiger partial charge < -0.3 is 14.6 Å². The zero-order valence-corrected chi connectivity index (χ0v) is 13.6. The third-order valence-electron chi connectivity index (χ3n) is 4.01. The fraction of sp³-hybridized carbons (Fsp3) is 0.500. The van der Waals surface area contributed by atoms with Gasteiger partial charge in [-0.1, -0.05) is 0 Å². The molecule has 1 saturated heterocycles. The van der Waals surface area contributed by atoms with Gasteiger partial charge in [0.05, 0.1) is 25.2 Å². The van der Waals surface area contributed by atoms with Crippen molar-refractivity contribution in [2.45, 2.75) is 32.4 Å². The number of aromatic nitrogens is 4. The minimum atomic E-state index is -0.157. The van der Waals surface area contributed by atoms with Crippen molar-refractivity contribution < 1.29 is 9.53 Å². The first-order valence-corrected chi connectivity index (χ1v) is 8.02. The van der Waals surface area contributed by atoms with Gasteiger partial charge in [-0.05, 0) is 25.3 Å². The molecule has 2 aromatic rings. The largest absolute Gasteiger partial charge is 0.375 e. The predicted octanol–water partition coefficient (Wildman–Crippen LogP) is 0.135. The van der Waals surface area contributed by atoms with Crippen LogP contribution >= 0.6 is 0 Å². The topological polar surface area (TPSA) is 93.1 Å². The monoisotopic (exact) mass is 331 g/mol. The average molecular weight is 331 g/mol. The van der Waals surface area contributed by atoms with Crippen molar-refractivity contribution in [2.75, 3.05) is 19.7 Å². The second kappa shape index (κ2) is 7.39. The Morgan fingerprint density at radius 2 is 2.38 bits per heavy atom. The van der Waals surface area contributed by atoms with Crippen molar-refractivity contribution in [3.63, 3.8) is 0 Å². The zero-order chi connectivity index (χ0) is 16.9. The molecule has 0 saturated carbocycles. The average Bonchev–Trinajstić information content (AvgIpc) is 2.98. The van der Waals surface area contributed by atoms with E-state index >= 15 is 0 Å². The quantitative estimate of drug-likeness (QED) is 0.841. The molecule has 1 aliphatic rings. The highest BCUT2D eigenvalue weighted by Gasteiger charge is 2.24. The first kappa shape index (κ1) is 16.4. The SMILES string of the molecule is Cc1cnn(CC(=O)N2CCO[C@H](CCc3cc(=O)[nH]cn3)C2)c1. The first-order valence-electron chi connectivity index (χ1n) is 8.02. The van der Waals surface area contributed by atoms with Gasteiger partial charge in [0.1, 0.15) is 6.54 Å². The summed E-state index contributed by atoms with van der Waals surface area (Å²) in [6.45, 7) is 3.87. The minimum absolute atomic E-state index is 0.0388. The molecule has 1 atom stereocenters. The smallest absolute Gasteiger partial charge is 0.250 e. The van der Waals surface area contributed by atoms with E-state index in [4.69, 9.17) is 4.74 Å². The normalized spacial score (nSPS) is 17.9. The molecule has 8 heteroatoms. The Bertz CT molecular complexity index is 754. The number of H-pyrrole nitrogens is 1. The molecule has 0 spiro atoms. The van der Waals surface area contributed by atoms with Crippen LogP contribution in [-0.2, 0) is 22.5 Å². The van der Waals surface area contributed by atoms with E-state index in [-0.39, 0.29) is 24.1 Å². The van der Waals surface area contributed by atoms with Gasteiger partial charge >= 0.3 is 0 Å². The van der Waals surface area contributed by atoms with Crippen LogP contribution in [-0.4, -0.2) is 56.4 Å². The maximum Gasteiger partial charge on any atom is 0.250 e. The zero-order valence-electron chi connectivity index (χ0n) is 13.6. The summed E-state index contributed by atoms with van der Waals surface area (Å²) in [7, 11) is 0. The number of amides is 1.